The lowest BCUT2D eigenvalue weighted by molar-refractivity contribution is 0.567. The highest BCUT2D eigenvalue weighted by Crippen LogP contribution is 2.32. The van der Waals surface area contributed by atoms with Crippen LogP contribution in [0.4, 0.5) is 15.8 Å². The summed E-state index contributed by atoms with van der Waals surface area (Å²) in [4.78, 5) is 1.84. The Balaban J connectivity index is 2.36. The van der Waals surface area contributed by atoms with Crippen LogP contribution in [-0.4, -0.2) is 32.5 Å². The van der Waals surface area contributed by atoms with Gasteiger partial charge in [-0.15, -0.1) is 0 Å². The molecule has 1 atom stereocenters. The second-order valence-corrected chi connectivity index (χ2v) is 7.56. The Bertz CT molecular complexity index is 577. The molecule has 4 nitrogen and oxygen atoms in total. The molecule has 0 aliphatic carbocycles. The number of nitrogens with two attached hydrogens (primary N) is 1. The summed E-state index contributed by atoms with van der Waals surface area (Å²) in [6.07, 6.45) is 0. The molecule has 1 aromatic rings. The van der Waals surface area contributed by atoms with Crippen molar-refractivity contribution in [2.24, 2.45) is 0 Å². The first-order valence-corrected chi connectivity index (χ1v) is 8.13. The Morgan fingerprint density at radius 3 is 2.78 bits per heavy atom. The van der Waals surface area contributed by atoms with Crippen LogP contribution in [0.5, 0.6) is 0 Å². The van der Waals surface area contributed by atoms with Gasteiger partial charge in [-0.05, 0) is 28.9 Å². The van der Waals surface area contributed by atoms with Gasteiger partial charge in [-0.3, -0.25) is 0 Å². The first-order valence-electron chi connectivity index (χ1n) is 5.52. The molecule has 1 fully saturated rings. The van der Waals surface area contributed by atoms with Gasteiger partial charge in [0.2, 0.25) is 0 Å². The number of halogens is 2. The number of hydrogen-bond donors (Lipinski definition) is 1. The van der Waals surface area contributed by atoms with Crippen molar-refractivity contribution in [2.75, 3.05) is 28.7 Å². The van der Waals surface area contributed by atoms with E-state index in [-0.39, 0.29) is 17.5 Å². The van der Waals surface area contributed by atoms with Crippen molar-refractivity contribution >= 4 is 37.1 Å². The summed E-state index contributed by atoms with van der Waals surface area (Å²) in [6.45, 7) is 2.14. The van der Waals surface area contributed by atoms with Gasteiger partial charge in [-0.2, -0.15) is 0 Å². The Hall–Kier alpha value is -0.820. The first kappa shape index (κ1) is 13.6. The minimum Gasteiger partial charge on any atom is -0.397 e. The molecule has 0 aromatic heterocycles. The van der Waals surface area contributed by atoms with Crippen molar-refractivity contribution in [2.45, 2.75) is 13.0 Å². The fourth-order valence-corrected chi connectivity index (χ4v) is 4.07. The van der Waals surface area contributed by atoms with Crippen LogP contribution >= 0.6 is 15.9 Å². The molecule has 0 bridgehead atoms. The minimum atomic E-state index is -2.99. The molecular formula is C11H14BrFN2O2S. The number of nitrogens with zero attached hydrogens (tertiary/aromatic N) is 1. The minimum absolute atomic E-state index is 0.0735. The number of sulfone groups is 1. The van der Waals surface area contributed by atoms with E-state index in [0.717, 1.165) is 0 Å². The number of nitrogen functional groups attached to an aromatic ring is 1. The summed E-state index contributed by atoms with van der Waals surface area (Å²) < 4.78 is 36.9. The largest absolute Gasteiger partial charge is 0.397 e. The Labute approximate surface area is 114 Å². The molecule has 1 aliphatic rings. The monoisotopic (exact) mass is 336 g/mol. The maximum Gasteiger partial charge on any atom is 0.154 e. The van der Waals surface area contributed by atoms with E-state index < -0.39 is 15.7 Å². The molecule has 0 saturated carbocycles. The van der Waals surface area contributed by atoms with Gasteiger partial charge in [0.15, 0.2) is 9.84 Å². The van der Waals surface area contributed by atoms with E-state index in [4.69, 9.17) is 5.73 Å². The van der Waals surface area contributed by atoms with E-state index in [1.54, 1.807) is 6.92 Å². The molecule has 2 N–H and O–H groups in total. The summed E-state index contributed by atoms with van der Waals surface area (Å²) >= 11 is 3.07. The van der Waals surface area contributed by atoms with Gasteiger partial charge in [0.05, 0.1) is 27.4 Å². The highest BCUT2D eigenvalue weighted by molar-refractivity contribution is 9.10. The van der Waals surface area contributed by atoms with Gasteiger partial charge in [0.25, 0.3) is 0 Å². The molecule has 1 saturated heterocycles. The van der Waals surface area contributed by atoms with Crippen molar-refractivity contribution < 1.29 is 12.8 Å². The van der Waals surface area contributed by atoms with E-state index in [1.165, 1.54) is 12.1 Å². The van der Waals surface area contributed by atoms with Gasteiger partial charge in [-0.25, -0.2) is 12.8 Å². The molecule has 0 spiro atoms. The second-order valence-electron chi connectivity index (χ2n) is 4.48. The SMILES string of the molecule is CC1CS(=O)(=O)CCN1c1cc(F)c(Br)cc1N. The fraction of sp³-hybridized carbons (Fsp3) is 0.455. The lowest BCUT2D eigenvalue weighted by Crippen LogP contribution is -2.47. The zero-order chi connectivity index (χ0) is 13.5. The van der Waals surface area contributed by atoms with Gasteiger partial charge in [0, 0.05) is 18.7 Å². The highest BCUT2D eigenvalue weighted by atomic mass is 79.9. The van der Waals surface area contributed by atoms with Gasteiger partial charge in [0.1, 0.15) is 5.82 Å². The van der Waals surface area contributed by atoms with Crippen LogP contribution < -0.4 is 10.6 Å². The van der Waals surface area contributed by atoms with Gasteiger partial charge < -0.3 is 10.6 Å². The van der Waals surface area contributed by atoms with Crippen molar-refractivity contribution in [3.8, 4) is 0 Å². The van der Waals surface area contributed by atoms with Crippen LogP contribution in [0.25, 0.3) is 0 Å². The topological polar surface area (TPSA) is 63.4 Å². The summed E-state index contributed by atoms with van der Waals surface area (Å²) in [5, 5.41) is 0. The number of benzene rings is 1. The van der Waals surface area contributed by atoms with Crippen LogP contribution in [0.15, 0.2) is 16.6 Å². The smallest absolute Gasteiger partial charge is 0.154 e. The van der Waals surface area contributed by atoms with E-state index in [2.05, 4.69) is 15.9 Å². The lowest BCUT2D eigenvalue weighted by Gasteiger charge is -2.35. The molecular weight excluding hydrogens is 323 g/mol. The third-order valence-corrected chi connectivity index (χ3v) is 5.45. The van der Waals surface area contributed by atoms with E-state index in [9.17, 15) is 12.8 Å². The average Bonchev–Trinajstić information content (AvgIpc) is 2.23. The molecule has 0 radical (unpaired) electrons. The van der Waals surface area contributed by atoms with Crippen LogP contribution in [-0.2, 0) is 9.84 Å². The van der Waals surface area contributed by atoms with E-state index >= 15 is 0 Å². The molecule has 18 heavy (non-hydrogen) atoms. The summed E-state index contributed by atoms with van der Waals surface area (Å²) in [5.74, 6) is -0.252. The zero-order valence-electron chi connectivity index (χ0n) is 9.86. The summed E-state index contributed by atoms with van der Waals surface area (Å²) in [7, 11) is -2.99. The maximum absolute atomic E-state index is 13.5. The highest BCUT2D eigenvalue weighted by Gasteiger charge is 2.29. The number of rotatable bonds is 1. The predicted molar refractivity (Wildman–Crippen MR) is 74.0 cm³/mol. The first-order chi connectivity index (χ1) is 8.30. The van der Waals surface area contributed by atoms with Gasteiger partial charge >= 0.3 is 0 Å². The normalized spacial score (nSPS) is 23.1. The predicted octanol–water partition coefficient (Wildman–Crippen LogP) is 1.79. The molecule has 1 aromatic carbocycles. The van der Waals surface area contributed by atoms with Crippen molar-refractivity contribution in [1.82, 2.24) is 0 Å². The molecule has 2 rings (SSSR count). The van der Waals surface area contributed by atoms with Crippen LogP contribution in [0.2, 0.25) is 0 Å². The van der Waals surface area contributed by atoms with Crippen LogP contribution in [0.3, 0.4) is 0 Å². The lowest BCUT2D eigenvalue weighted by atomic mass is 10.2. The average molecular weight is 337 g/mol. The maximum atomic E-state index is 13.5. The van der Waals surface area contributed by atoms with Crippen molar-refractivity contribution in [3.05, 3.63) is 22.4 Å². The molecule has 1 heterocycles. The Morgan fingerprint density at radius 2 is 2.17 bits per heavy atom. The quantitative estimate of drug-likeness (QED) is 0.794. The van der Waals surface area contributed by atoms with Crippen molar-refractivity contribution in [1.29, 1.82) is 0 Å². The molecule has 7 heteroatoms. The van der Waals surface area contributed by atoms with E-state index in [1.807, 2.05) is 4.90 Å². The van der Waals surface area contributed by atoms with Crippen LogP contribution in [0, 0.1) is 5.82 Å². The summed E-state index contributed by atoms with van der Waals surface area (Å²) in [6, 6.07) is 2.64. The molecule has 0 amide bonds. The Kier molecular flexibility index (Phi) is 3.55. The number of hydrogen-bond acceptors (Lipinski definition) is 4. The standard InChI is InChI=1S/C11H14BrFN2O2S/c1-7-6-18(16,17)3-2-15(7)11-5-9(13)8(12)4-10(11)14/h4-5,7H,2-3,6,14H2,1H3. The fourth-order valence-electron chi connectivity index (χ4n) is 2.16. The third kappa shape index (κ3) is 2.61. The molecule has 1 unspecified atom stereocenters. The third-order valence-electron chi connectivity index (χ3n) is 3.05. The zero-order valence-corrected chi connectivity index (χ0v) is 12.3. The van der Waals surface area contributed by atoms with Crippen LogP contribution in [0.1, 0.15) is 6.92 Å². The molecule has 100 valence electrons. The summed E-state index contributed by atoms with van der Waals surface area (Å²) in [5.41, 5.74) is 6.86. The Morgan fingerprint density at radius 1 is 1.50 bits per heavy atom. The molecule has 1 aliphatic heterocycles. The number of anilines is 2. The second kappa shape index (κ2) is 4.70. The van der Waals surface area contributed by atoms with E-state index in [0.29, 0.717) is 22.4 Å². The van der Waals surface area contributed by atoms with Crippen molar-refractivity contribution in [3.63, 3.8) is 0 Å². The van der Waals surface area contributed by atoms with Gasteiger partial charge in [-0.1, -0.05) is 0 Å².